The van der Waals surface area contributed by atoms with Gasteiger partial charge >= 0.3 is 0 Å². The first kappa shape index (κ1) is 8.53. The van der Waals surface area contributed by atoms with Gasteiger partial charge in [-0.2, -0.15) is 5.10 Å². The highest BCUT2D eigenvalue weighted by Crippen LogP contribution is 2.34. The summed E-state index contributed by atoms with van der Waals surface area (Å²) in [5, 5.41) is 6.99. The number of aromatic nitrogens is 2. The lowest BCUT2D eigenvalue weighted by Gasteiger charge is -2.06. The predicted molar refractivity (Wildman–Crippen MR) is 59.6 cm³/mol. The van der Waals surface area contributed by atoms with Gasteiger partial charge in [0, 0.05) is 5.92 Å². The molecule has 1 aromatic carbocycles. The van der Waals surface area contributed by atoms with Crippen molar-refractivity contribution in [1.82, 2.24) is 10.2 Å². The molecule has 76 valence electrons. The molecule has 0 aliphatic heterocycles. The van der Waals surface area contributed by atoms with Crippen LogP contribution in [0.3, 0.4) is 0 Å². The van der Waals surface area contributed by atoms with E-state index in [2.05, 4.69) is 34.5 Å². The first-order chi connectivity index (χ1) is 7.34. The van der Waals surface area contributed by atoms with Gasteiger partial charge in [0.25, 0.3) is 0 Å². The number of nitrogens with zero attached hydrogens (tertiary/aromatic N) is 1. The molecule has 3 nitrogen and oxygen atoms in total. The summed E-state index contributed by atoms with van der Waals surface area (Å²) in [5.41, 5.74) is 10.6. The number of hydrogen-bond donors (Lipinski definition) is 2. The van der Waals surface area contributed by atoms with E-state index < -0.39 is 0 Å². The lowest BCUT2D eigenvalue weighted by molar-refractivity contribution is 0.711. The van der Waals surface area contributed by atoms with Crippen LogP contribution in [0.25, 0.3) is 0 Å². The summed E-state index contributed by atoms with van der Waals surface area (Å²) in [6, 6.07) is 8.58. The Hall–Kier alpha value is -1.77. The van der Waals surface area contributed by atoms with Gasteiger partial charge in [0.05, 0.1) is 17.6 Å². The predicted octanol–water partition coefficient (Wildman–Crippen LogP) is 1.87. The molecule has 2 aromatic rings. The largest absolute Gasteiger partial charge is 0.396 e. The third kappa shape index (κ3) is 1.31. The van der Waals surface area contributed by atoms with Crippen LogP contribution in [0.4, 0.5) is 5.69 Å². The molecule has 15 heavy (non-hydrogen) atoms. The van der Waals surface area contributed by atoms with Crippen molar-refractivity contribution in [1.29, 1.82) is 0 Å². The fraction of sp³-hybridized carbons (Fsp3) is 0.250. The number of rotatable bonds is 1. The standard InChI is InChI=1S/C12H13N3/c13-11-7-14-15-12(11)10-5-8-3-1-2-4-9(8)6-10/h1-4,7,10H,5-6,13H2,(H,14,15). The summed E-state index contributed by atoms with van der Waals surface area (Å²) in [5.74, 6) is 0.477. The van der Waals surface area contributed by atoms with Crippen LogP contribution in [-0.2, 0) is 12.8 Å². The molecule has 3 rings (SSSR count). The molecule has 0 saturated heterocycles. The van der Waals surface area contributed by atoms with Crippen molar-refractivity contribution in [2.75, 3.05) is 5.73 Å². The number of nitrogens with two attached hydrogens (primary N) is 1. The number of fused-ring (bicyclic) bond motifs is 1. The topological polar surface area (TPSA) is 54.7 Å². The van der Waals surface area contributed by atoms with E-state index in [1.807, 2.05) is 0 Å². The van der Waals surface area contributed by atoms with Crippen LogP contribution in [0.1, 0.15) is 22.7 Å². The maximum absolute atomic E-state index is 5.86. The van der Waals surface area contributed by atoms with Crippen molar-refractivity contribution < 1.29 is 0 Å². The lowest BCUT2D eigenvalue weighted by atomic mass is 10.0. The van der Waals surface area contributed by atoms with Gasteiger partial charge in [-0.05, 0) is 24.0 Å². The van der Waals surface area contributed by atoms with Crippen LogP contribution in [0.5, 0.6) is 0 Å². The molecule has 1 aromatic heterocycles. The highest BCUT2D eigenvalue weighted by Gasteiger charge is 2.24. The number of hydrogen-bond acceptors (Lipinski definition) is 2. The molecule has 1 heterocycles. The normalized spacial score (nSPS) is 15.5. The third-order valence-corrected chi connectivity index (χ3v) is 3.16. The summed E-state index contributed by atoms with van der Waals surface area (Å²) in [6.07, 6.45) is 3.84. The van der Waals surface area contributed by atoms with Crippen LogP contribution >= 0.6 is 0 Å². The van der Waals surface area contributed by atoms with E-state index in [1.165, 1.54) is 11.1 Å². The van der Waals surface area contributed by atoms with Crippen LogP contribution in [-0.4, -0.2) is 10.2 Å². The van der Waals surface area contributed by atoms with Crippen molar-refractivity contribution in [3.05, 3.63) is 47.3 Å². The molecular formula is C12H13N3. The van der Waals surface area contributed by atoms with Gasteiger partial charge < -0.3 is 5.73 Å². The molecule has 0 atom stereocenters. The minimum Gasteiger partial charge on any atom is -0.396 e. The lowest BCUT2D eigenvalue weighted by Crippen LogP contribution is -2.01. The van der Waals surface area contributed by atoms with Gasteiger partial charge in [-0.15, -0.1) is 0 Å². The average molecular weight is 199 g/mol. The number of benzene rings is 1. The van der Waals surface area contributed by atoms with Crippen LogP contribution in [0, 0.1) is 0 Å². The van der Waals surface area contributed by atoms with Gasteiger partial charge in [-0.25, -0.2) is 0 Å². The Morgan fingerprint density at radius 2 is 1.87 bits per heavy atom. The van der Waals surface area contributed by atoms with E-state index in [9.17, 15) is 0 Å². The van der Waals surface area contributed by atoms with Gasteiger partial charge in [0.2, 0.25) is 0 Å². The monoisotopic (exact) mass is 199 g/mol. The van der Waals surface area contributed by atoms with Crippen molar-refractivity contribution in [3.8, 4) is 0 Å². The molecule has 0 spiro atoms. The molecule has 0 saturated carbocycles. The summed E-state index contributed by atoms with van der Waals surface area (Å²) >= 11 is 0. The smallest absolute Gasteiger partial charge is 0.0733 e. The molecule has 3 heteroatoms. The summed E-state index contributed by atoms with van der Waals surface area (Å²) in [6.45, 7) is 0. The van der Waals surface area contributed by atoms with Crippen LogP contribution in [0.2, 0.25) is 0 Å². The molecule has 0 bridgehead atoms. The van der Waals surface area contributed by atoms with Gasteiger partial charge in [-0.1, -0.05) is 24.3 Å². The van der Waals surface area contributed by atoms with Crippen LogP contribution in [0.15, 0.2) is 30.5 Å². The van der Waals surface area contributed by atoms with E-state index in [-0.39, 0.29) is 0 Å². The van der Waals surface area contributed by atoms with Crippen molar-refractivity contribution in [3.63, 3.8) is 0 Å². The fourth-order valence-corrected chi connectivity index (χ4v) is 2.40. The zero-order chi connectivity index (χ0) is 10.3. The fourth-order valence-electron chi connectivity index (χ4n) is 2.40. The van der Waals surface area contributed by atoms with Gasteiger partial charge in [0.15, 0.2) is 0 Å². The molecule has 1 aliphatic carbocycles. The Morgan fingerprint density at radius 1 is 1.20 bits per heavy atom. The Balaban J connectivity index is 1.94. The minimum absolute atomic E-state index is 0.477. The number of anilines is 1. The molecule has 0 amide bonds. The van der Waals surface area contributed by atoms with Gasteiger partial charge in [0.1, 0.15) is 0 Å². The Bertz CT molecular complexity index is 462. The number of nitrogen functional groups attached to an aromatic ring is 1. The van der Waals surface area contributed by atoms with Gasteiger partial charge in [-0.3, -0.25) is 5.10 Å². The first-order valence-corrected chi connectivity index (χ1v) is 5.20. The quantitative estimate of drug-likeness (QED) is 0.736. The van der Waals surface area contributed by atoms with E-state index >= 15 is 0 Å². The average Bonchev–Trinajstić information content (AvgIpc) is 2.82. The highest BCUT2D eigenvalue weighted by molar-refractivity contribution is 5.46. The summed E-state index contributed by atoms with van der Waals surface area (Å²) in [7, 11) is 0. The van der Waals surface area contributed by atoms with Crippen molar-refractivity contribution in [2.24, 2.45) is 0 Å². The van der Waals surface area contributed by atoms with Crippen molar-refractivity contribution in [2.45, 2.75) is 18.8 Å². The molecule has 0 fully saturated rings. The van der Waals surface area contributed by atoms with E-state index in [4.69, 9.17) is 5.73 Å². The third-order valence-electron chi connectivity index (χ3n) is 3.16. The zero-order valence-corrected chi connectivity index (χ0v) is 8.40. The second-order valence-electron chi connectivity index (χ2n) is 4.11. The molecule has 0 radical (unpaired) electrons. The molecular weight excluding hydrogens is 186 g/mol. The second-order valence-corrected chi connectivity index (χ2v) is 4.11. The van der Waals surface area contributed by atoms with E-state index in [1.54, 1.807) is 6.20 Å². The van der Waals surface area contributed by atoms with Crippen LogP contribution < -0.4 is 5.73 Å². The molecule has 3 N–H and O–H groups in total. The Morgan fingerprint density at radius 3 is 2.40 bits per heavy atom. The highest BCUT2D eigenvalue weighted by atomic mass is 15.1. The zero-order valence-electron chi connectivity index (χ0n) is 8.40. The second kappa shape index (κ2) is 3.12. The molecule has 1 aliphatic rings. The number of nitrogens with one attached hydrogen (secondary N) is 1. The summed E-state index contributed by atoms with van der Waals surface area (Å²) in [4.78, 5) is 0. The summed E-state index contributed by atoms with van der Waals surface area (Å²) < 4.78 is 0. The maximum atomic E-state index is 5.86. The van der Waals surface area contributed by atoms with Crippen molar-refractivity contribution >= 4 is 5.69 Å². The number of aromatic amines is 1. The molecule has 0 unspecified atom stereocenters. The maximum Gasteiger partial charge on any atom is 0.0733 e. The minimum atomic E-state index is 0.477. The number of H-pyrrole nitrogens is 1. The SMILES string of the molecule is Nc1cn[nH]c1C1Cc2ccccc2C1. The van der Waals surface area contributed by atoms with E-state index in [0.29, 0.717) is 5.92 Å². The Labute approximate surface area is 88.3 Å². The Kier molecular flexibility index (Phi) is 1.78. The van der Waals surface area contributed by atoms with E-state index in [0.717, 1.165) is 24.2 Å². The first-order valence-electron chi connectivity index (χ1n) is 5.20.